The molecule has 4 rings (SSSR count). The van der Waals surface area contributed by atoms with Gasteiger partial charge in [-0.25, -0.2) is 9.37 Å². The van der Waals surface area contributed by atoms with Crippen molar-refractivity contribution in [3.63, 3.8) is 0 Å². The van der Waals surface area contributed by atoms with Gasteiger partial charge in [0.15, 0.2) is 10.9 Å². The van der Waals surface area contributed by atoms with Crippen LogP contribution in [0, 0.1) is 5.82 Å². The van der Waals surface area contributed by atoms with Gasteiger partial charge in [0.1, 0.15) is 22.1 Å². The number of furan rings is 2. The Morgan fingerprint density at radius 2 is 1.81 bits per heavy atom. The van der Waals surface area contributed by atoms with Gasteiger partial charge in [-0.1, -0.05) is 29.0 Å². The number of nitrogens with one attached hydrogen (secondary N) is 1. The molecule has 0 fully saturated rings. The molecule has 1 aromatic carbocycles. The van der Waals surface area contributed by atoms with Gasteiger partial charge in [0.2, 0.25) is 0 Å². The minimum Gasteiger partial charge on any atom is -0.463 e. The Kier molecular flexibility index (Phi) is 4.32. The molecule has 3 aromatic heterocycles. The number of thiazole rings is 1. The molecule has 130 valence electrons. The number of nitrogens with zero attached hydrogens (tertiary/aromatic N) is 1. The van der Waals surface area contributed by atoms with Crippen LogP contribution in [0.3, 0.4) is 0 Å². The molecule has 26 heavy (non-hydrogen) atoms. The lowest BCUT2D eigenvalue weighted by molar-refractivity contribution is 0.102. The van der Waals surface area contributed by atoms with Gasteiger partial charge in [0.25, 0.3) is 5.91 Å². The molecule has 0 aliphatic rings. The van der Waals surface area contributed by atoms with E-state index >= 15 is 0 Å². The van der Waals surface area contributed by atoms with Crippen LogP contribution in [-0.4, -0.2) is 10.9 Å². The number of hydrogen-bond acceptors (Lipinski definition) is 5. The zero-order valence-electron chi connectivity index (χ0n) is 13.0. The molecular formula is C18H10ClFN2O3S. The SMILES string of the molecule is O=C(Nc1nc(-c2ccco2)c(-c2ccco2)s1)c1c(F)cccc1Cl. The summed E-state index contributed by atoms with van der Waals surface area (Å²) in [5.41, 5.74) is 0.286. The summed E-state index contributed by atoms with van der Waals surface area (Å²) in [5.74, 6) is -0.279. The summed E-state index contributed by atoms with van der Waals surface area (Å²) in [6, 6.07) is 11.1. The van der Waals surface area contributed by atoms with Crippen LogP contribution in [0.25, 0.3) is 22.1 Å². The largest absolute Gasteiger partial charge is 0.463 e. The highest BCUT2D eigenvalue weighted by Crippen LogP contribution is 2.39. The van der Waals surface area contributed by atoms with Gasteiger partial charge in [0.05, 0.1) is 23.1 Å². The first kappa shape index (κ1) is 16.6. The van der Waals surface area contributed by atoms with Crippen LogP contribution in [0.4, 0.5) is 9.52 Å². The fourth-order valence-corrected chi connectivity index (χ4v) is 3.59. The number of benzene rings is 1. The van der Waals surface area contributed by atoms with E-state index in [-0.39, 0.29) is 15.7 Å². The molecule has 0 saturated carbocycles. The highest BCUT2D eigenvalue weighted by molar-refractivity contribution is 7.19. The fraction of sp³-hybridized carbons (Fsp3) is 0. The van der Waals surface area contributed by atoms with E-state index in [1.165, 1.54) is 35.8 Å². The molecule has 1 N–H and O–H groups in total. The lowest BCUT2D eigenvalue weighted by atomic mass is 10.2. The molecule has 1 amide bonds. The van der Waals surface area contributed by atoms with E-state index in [2.05, 4.69) is 10.3 Å². The van der Waals surface area contributed by atoms with Crippen molar-refractivity contribution in [2.45, 2.75) is 0 Å². The summed E-state index contributed by atoms with van der Waals surface area (Å²) < 4.78 is 24.8. The molecule has 0 atom stereocenters. The van der Waals surface area contributed by atoms with Crippen LogP contribution in [0.5, 0.6) is 0 Å². The van der Waals surface area contributed by atoms with Gasteiger partial charge in [-0.3, -0.25) is 10.1 Å². The summed E-state index contributed by atoms with van der Waals surface area (Å²) in [7, 11) is 0. The summed E-state index contributed by atoms with van der Waals surface area (Å²) in [6.07, 6.45) is 3.07. The van der Waals surface area contributed by atoms with Crippen LogP contribution in [-0.2, 0) is 0 Å². The lowest BCUT2D eigenvalue weighted by Crippen LogP contribution is -2.14. The molecule has 5 nitrogen and oxygen atoms in total. The van der Waals surface area contributed by atoms with Crippen molar-refractivity contribution in [2.75, 3.05) is 5.32 Å². The summed E-state index contributed by atoms with van der Waals surface area (Å²) in [4.78, 5) is 17.5. The third kappa shape index (κ3) is 3.02. The van der Waals surface area contributed by atoms with Crippen LogP contribution < -0.4 is 5.32 Å². The average molecular weight is 389 g/mol. The minimum atomic E-state index is -0.705. The number of halogens is 2. The number of rotatable bonds is 4. The second-order valence-electron chi connectivity index (χ2n) is 5.20. The second kappa shape index (κ2) is 6.78. The topological polar surface area (TPSA) is 68.3 Å². The van der Waals surface area contributed by atoms with Gasteiger partial charge in [-0.15, -0.1) is 0 Å². The molecule has 3 heterocycles. The highest BCUT2D eigenvalue weighted by Gasteiger charge is 2.22. The maximum Gasteiger partial charge on any atom is 0.261 e. The van der Waals surface area contributed by atoms with Crippen molar-refractivity contribution in [1.29, 1.82) is 0 Å². The predicted octanol–water partition coefficient (Wildman–Crippen LogP) is 5.71. The maximum absolute atomic E-state index is 13.9. The van der Waals surface area contributed by atoms with Gasteiger partial charge in [0, 0.05) is 0 Å². The normalized spacial score (nSPS) is 10.8. The Labute approximate surface area is 156 Å². The number of aromatic nitrogens is 1. The van der Waals surface area contributed by atoms with Gasteiger partial charge in [-0.05, 0) is 36.4 Å². The molecule has 0 bridgehead atoms. The molecule has 0 saturated heterocycles. The predicted molar refractivity (Wildman–Crippen MR) is 96.9 cm³/mol. The lowest BCUT2D eigenvalue weighted by Gasteiger charge is -2.04. The number of amides is 1. The van der Waals surface area contributed by atoms with E-state index in [0.717, 1.165) is 0 Å². The zero-order chi connectivity index (χ0) is 18.1. The van der Waals surface area contributed by atoms with Crippen molar-refractivity contribution < 1.29 is 18.0 Å². The third-order valence-electron chi connectivity index (χ3n) is 3.54. The van der Waals surface area contributed by atoms with Crippen LogP contribution in [0.1, 0.15) is 10.4 Å². The van der Waals surface area contributed by atoms with E-state index in [4.69, 9.17) is 20.4 Å². The first-order chi connectivity index (χ1) is 12.6. The second-order valence-corrected chi connectivity index (χ2v) is 6.61. The fourth-order valence-electron chi connectivity index (χ4n) is 2.40. The first-order valence-corrected chi connectivity index (χ1v) is 8.67. The number of carbonyl (C=O) groups is 1. The zero-order valence-corrected chi connectivity index (χ0v) is 14.6. The number of carbonyl (C=O) groups excluding carboxylic acids is 1. The van der Waals surface area contributed by atoms with Crippen molar-refractivity contribution in [3.8, 4) is 22.1 Å². The van der Waals surface area contributed by atoms with E-state index in [9.17, 15) is 9.18 Å². The van der Waals surface area contributed by atoms with E-state index in [1.807, 2.05) is 0 Å². The Hall–Kier alpha value is -2.90. The van der Waals surface area contributed by atoms with Crippen LogP contribution in [0.15, 0.2) is 63.8 Å². The molecule has 0 unspecified atom stereocenters. The molecule has 0 spiro atoms. The van der Waals surface area contributed by atoms with Crippen molar-refractivity contribution >= 4 is 34.0 Å². The monoisotopic (exact) mass is 388 g/mol. The van der Waals surface area contributed by atoms with Crippen molar-refractivity contribution in [2.24, 2.45) is 0 Å². The van der Waals surface area contributed by atoms with E-state index < -0.39 is 11.7 Å². The molecule has 8 heteroatoms. The standard InChI is InChI=1S/C18H10ClFN2O3S/c19-10-4-1-5-11(20)14(10)17(23)22-18-21-15(12-6-2-8-24-12)16(26-18)13-7-3-9-25-13/h1-9H,(H,21,22,23). The molecule has 4 aromatic rings. The van der Waals surface area contributed by atoms with Gasteiger partial charge in [-0.2, -0.15) is 0 Å². The average Bonchev–Trinajstić information content (AvgIpc) is 3.35. The van der Waals surface area contributed by atoms with E-state index in [0.29, 0.717) is 22.1 Å². The smallest absolute Gasteiger partial charge is 0.261 e. The quantitative estimate of drug-likeness (QED) is 0.486. The molecule has 0 aliphatic heterocycles. The van der Waals surface area contributed by atoms with E-state index in [1.54, 1.807) is 30.5 Å². The number of anilines is 1. The number of hydrogen-bond donors (Lipinski definition) is 1. The van der Waals surface area contributed by atoms with Crippen molar-refractivity contribution in [1.82, 2.24) is 4.98 Å². The highest BCUT2D eigenvalue weighted by atomic mass is 35.5. The Morgan fingerprint density at radius 3 is 2.46 bits per heavy atom. The summed E-state index contributed by atoms with van der Waals surface area (Å²) in [6.45, 7) is 0. The maximum atomic E-state index is 13.9. The van der Waals surface area contributed by atoms with Crippen LogP contribution >= 0.6 is 22.9 Å². The Balaban J connectivity index is 1.72. The summed E-state index contributed by atoms with van der Waals surface area (Å²) in [5, 5.41) is 2.88. The van der Waals surface area contributed by atoms with Crippen LogP contribution in [0.2, 0.25) is 5.02 Å². The van der Waals surface area contributed by atoms with Crippen molar-refractivity contribution in [3.05, 3.63) is 71.4 Å². The minimum absolute atomic E-state index is 0.0246. The Morgan fingerprint density at radius 1 is 1.08 bits per heavy atom. The Bertz CT molecular complexity index is 987. The first-order valence-electron chi connectivity index (χ1n) is 7.47. The molecular weight excluding hydrogens is 379 g/mol. The summed E-state index contributed by atoms with van der Waals surface area (Å²) >= 11 is 7.13. The molecule has 0 radical (unpaired) electrons. The van der Waals surface area contributed by atoms with Gasteiger partial charge < -0.3 is 8.83 Å². The third-order valence-corrected chi connectivity index (χ3v) is 4.84. The van der Waals surface area contributed by atoms with Gasteiger partial charge >= 0.3 is 0 Å². The molecule has 0 aliphatic carbocycles.